The summed E-state index contributed by atoms with van der Waals surface area (Å²) < 4.78 is 0. The lowest BCUT2D eigenvalue weighted by Gasteiger charge is -1.16. The molecule has 20 valence electrons. The van der Waals surface area contributed by atoms with Crippen LogP contribution in [0, 0.1) is 11.8 Å². The van der Waals surface area contributed by atoms with Gasteiger partial charge in [0, 0.05) is 6.57 Å². The van der Waals surface area contributed by atoms with Crippen LogP contribution in [0.15, 0.2) is 0 Å². The average molecular weight is 54.8 g/mol. The lowest BCUT2D eigenvalue weighted by molar-refractivity contribution is 0.629. The zero-order valence-electron chi connectivity index (χ0n) is 2.05. The molecule has 0 atom stereocenters. The van der Waals surface area contributed by atoms with E-state index in [1.54, 1.807) is 0 Å². The van der Waals surface area contributed by atoms with Gasteiger partial charge in [-0.3, -0.25) is 0 Å². The Balaban J connectivity index is 0. The van der Waals surface area contributed by atoms with Crippen LogP contribution in [0.3, 0.4) is 0 Å². The Morgan fingerprint density at radius 3 is 1.50 bits per heavy atom. The third kappa shape index (κ3) is 1.71. The summed E-state index contributed by atoms with van der Waals surface area (Å²) in [6, 6.07) is 0. The number of hydrogen-bond donors (Lipinski definition) is 1. The molecule has 0 amide bonds. The molecule has 1 N–H and O–H groups in total. The molecule has 0 aromatic carbocycles. The Kier molecular flexibility index (Phi) is 59.4. The SMILES string of the molecule is C#N.[B]O. The van der Waals surface area contributed by atoms with Gasteiger partial charge in [-0.15, -0.1) is 0 Å². The molecule has 0 aliphatic rings. The van der Waals surface area contributed by atoms with Crippen LogP contribution in [0.25, 0.3) is 0 Å². The average Bonchev–Trinajstić information content (AvgIpc) is 1.50. The lowest BCUT2D eigenvalue weighted by Crippen LogP contribution is -1.34. The van der Waals surface area contributed by atoms with E-state index in [1.165, 1.54) is 0 Å². The Labute approximate surface area is 26.1 Å². The minimum Gasteiger partial charge on any atom is -0.461 e. The molecule has 0 aliphatic heterocycles. The third-order valence-electron chi connectivity index (χ3n) is 0. The number of nitrogens with zero attached hydrogens (tertiary/aromatic N) is 1. The molecule has 4 heavy (non-hydrogen) atoms. The maximum Gasteiger partial charge on any atom is 0.277 e. The maximum absolute atomic E-state index is 6.50. The van der Waals surface area contributed by atoms with Gasteiger partial charge in [-0.1, -0.05) is 0 Å². The van der Waals surface area contributed by atoms with Crippen LogP contribution < -0.4 is 0 Å². The van der Waals surface area contributed by atoms with Crippen molar-refractivity contribution in [3.63, 3.8) is 0 Å². The highest BCUT2D eigenvalue weighted by atomic mass is 16.2. The minimum atomic E-state index is 3.50. The van der Waals surface area contributed by atoms with Gasteiger partial charge < -0.3 is 5.02 Å². The van der Waals surface area contributed by atoms with Crippen LogP contribution in [-0.2, 0) is 0 Å². The van der Waals surface area contributed by atoms with Gasteiger partial charge in [0.1, 0.15) is 0 Å². The van der Waals surface area contributed by atoms with E-state index in [9.17, 15) is 0 Å². The largest absolute Gasteiger partial charge is 0.461 e. The second-order valence-electron chi connectivity index (χ2n) is 0. The van der Waals surface area contributed by atoms with Crippen LogP contribution in [0.5, 0.6) is 0 Å². The highest BCUT2D eigenvalue weighted by Crippen LogP contribution is 0.666. The fraction of sp³-hybridized carbons (Fsp3) is 0. The molecule has 0 bridgehead atoms. The van der Waals surface area contributed by atoms with Gasteiger partial charge in [0.25, 0.3) is 8.05 Å². The standard InChI is InChI=1S/CHN.BHO/c2*1-2/h1H;2H. The van der Waals surface area contributed by atoms with Crippen molar-refractivity contribution in [1.29, 1.82) is 5.26 Å². The van der Waals surface area contributed by atoms with Crippen LogP contribution in [-0.4, -0.2) is 13.1 Å². The third-order valence-corrected chi connectivity index (χ3v) is 0. The summed E-state index contributed by atoms with van der Waals surface area (Å²) in [6.45, 7) is 3.50. The van der Waals surface area contributed by atoms with Crippen LogP contribution in [0.2, 0.25) is 0 Å². The molecule has 0 saturated heterocycles. The Hall–Kier alpha value is -0.485. The monoisotopic (exact) mass is 55.0 g/mol. The van der Waals surface area contributed by atoms with Gasteiger partial charge in [0.05, 0.1) is 0 Å². The van der Waals surface area contributed by atoms with Gasteiger partial charge in [0.2, 0.25) is 0 Å². The molecule has 2 radical (unpaired) electrons. The van der Waals surface area contributed by atoms with E-state index in [1.807, 2.05) is 0 Å². The number of hydrogen-bond acceptors (Lipinski definition) is 2. The molecule has 0 spiro atoms. The zero-order chi connectivity index (χ0) is 4.00. The van der Waals surface area contributed by atoms with Crippen molar-refractivity contribution >= 4 is 8.05 Å². The predicted molar refractivity (Wildman–Crippen MR) is 14.6 cm³/mol. The normalized spacial score (nSPS) is 1.75. The minimum absolute atomic E-state index is 3.50. The first kappa shape index (κ1) is 9.69. The fourth-order valence-electron chi connectivity index (χ4n) is 0. The molecule has 3 heteroatoms. The van der Waals surface area contributed by atoms with Crippen molar-refractivity contribution in [2.75, 3.05) is 0 Å². The van der Waals surface area contributed by atoms with E-state index >= 15 is 0 Å². The van der Waals surface area contributed by atoms with E-state index in [0.29, 0.717) is 0 Å². The van der Waals surface area contributed by atoms with Crippen LogP contribution >= 0.6 is 0 Å². The highest BCUT2D eigenvalue weighted by Gasteiger charge is 0.974. The number of rotatable bonds is 0. The van der Waals surface area contributed by atoms with E-state index in [-0.39, 0.29) is 0 Å². The van der Waals surface area contributed by atoms with Gasteiger partial charge in [-0.2, -0.15) is 0 Å². The van der Waals surface area contributed by atoms with E-state index in [2.05, 4.69) is 14.6 Å². The van der Waals surface area contributed by atoms with Crippen molar-refractivity contribution in [2.24, 2.45) is 0 Å². The molecular weight excluding hydrogens is 52.8 g/mol. The second-order valence-corrected chi connectivity index (χ2v) is 0. The Morgan fingerprint density at radius 1 is 1.50 bits per heavy atom. The van der Waals surface area contributed by atoms with Gasteiger partial charge in [0.15, 0.2) is 0 Å². The Bertz CT molecular complexity index is 12.8. The maximum atomic E-state index is 6.50. The Morgan fingerprint density at radius 2 is 1.50 bits per heavy atom. The molecular formula is CH2BNO. The second kappa shape index (κ2) is 24.5. The van der Waals surface area contributed by atoms with E-state index in [4.69, 9.17) is 10.3 Å². The van der Waals surface area contributed by atoms with Crippen molar-refractivity contribution in [2.45, 2.75) is 0 Å². The molecule has 0 heterocycles. The van der Waals surface area contributed by atoms with Crippen LogP contribution in [0.1, 0.15) is 0 Å². The van der Waals surface area contributed by atoms with Gasteiger partial charge >= 0.3 is 0 Å². The van der Waals surface area contributed by atoms with Crippen molar-refractivity contribution in [3.05, 3.63) is 0 Å². The number of nitriles is 1. The summed E-state index contributed by atoms with van der Waals surface area (Å²) in [4.78, 5) is 0. The summed E-state index contributed by atoms with van der Waals surface area (Å²) in [6.07, 6.45) is 0. The molecule has 0 aromatic rings. The topological polar surface area (TPSA) is 44.0 Å². The molecule has 0 unspecified atom stereocenters. The molecule has 0 rings (SSSR count). The van der Waals surface area contributed by atoms with Crippen molar-refractivity contribution in [1.82, 2.24) is 0 Å². The highest BCUT2D eigenvalue weighted by molar-refractivity contribution is 5.95. The summed E-state index contributed by atoms with van der Waals surface area (Å²) in [5.41, 5.74) is 0. The van der Waals surface area contributed by atoms with Gasteiger partial charge in [-0.25, -0.2) is 5.26 Å². The molecule has 0 aromatic heterocycles. The summed E-state index contributed by atoms with van der Waals surface area (Å²) in [5, 5.41) is 13.0. The molecule has 0 aliphatic carbocycles. The summed E-state index contributed by atoms with van der Waals surface area (Å²) in [5.74, 6) is 0. The summed E-state index contributed by atoms with van der Waals surface area (Å²) >= 11 is 0. The molecule has 2 nitrogen and oxygen atoms in total. The first-order valence-electron chi connectivity index (χ1n) is 0.516. The first-order chi connectivity index (χ1) is 2.00. The van der Waals surface area contributed by atoms with E-state index in [0.717, 1.165) is 0 Å². The van der Waals surface area contributed by atoms with Crippen molar-refractivity contribution < 1.29 is 5.02 Å². The smallest absolute Gasteiger partial charge is 0.277 e. The molecule has 0 fully saturated rings. The van der Waals surface area contributed by atoms with Crippen molar-refractivity contribution in [3.8, 4) is 6.57 Å². The quantitative estimate of drug-likeness (QED) is 0.368. The van der Waals surface area contributed by atoms with E-state index < -0.39 is 0 Å². The fourth-order valence-corrected chi connectivity index (χ4v) is 0. The lowest BCUT2D eigenvalue weighted by atomic mass is 10.6. The van der Waals surface area contributed by atoms with Gasteiger partial charge in [-0.05, 0) is 0 Å². The predicted octanol–water partition coefficient (Wildman–Crippen LogP) is -0.798. The summed E-state index contributed by atoms with van der Waals surface area (Å²) in [7, 11) is 3.50. The van der Waals surface area contributed by atoms with Crippen LogP contribution in [0.4, 0.5) is 0 Å². The zero-order valence-corrected chi connectivity index (χ0v) is 2.05. The first-order valence-corrected chi connectivity index (χ1v) is 0.516. The molecule has 0 saturated carbocycles.